The van der Waals surface area contributed by atoms with Crippen LogP contribution in [0.1, 0.15) is 24.1 Å². The number of aromatic nitrogens is 1. The molecular weight excluding hydrogens is 392 g/mol. The summed E-state index contributed by atoms with van der Waals surface area (Å²) in [5, 5.41) is 12.0. The fraction of sp³-hybridized carbons (Fsp3) is 0.286. The molecule has 0 aliphatic carbocycles. The molecule has 0 atom stereocenters. The van der Waals surface area contributed by atoms with Gasteiger partial charge in [0.05, 0.1) is 9.95 Å². The second kappa shape index (κ2) is 7.74. The zero-order valence-corrected chi connectivity index (χ0v) is 16.6. The molecule has 29 heavy (non-hydrogen) atoms. The summed E-state index contributed by atoms with van der Waals surface area (Å²) >= 11 is 6.14. The van der Waals surface area contributed by atoms with Crippen LogP contribution in [0.3, 0.4) is 0 Å². The predicted molar refractivity (Wildman–Crippen MR) is 110 cm³/mol. The first-order valence-corrected chi connectivity index (χ1v) is 9.64. The summed E-state index contributed by atoms with van der Waals surface area (Å²) in [6, 6.07) is 10.6. The standard InChI is InChI=1S/C21H19ClN4O3/c1-15-6-9-19(26(27)28)20(23-15)25-12-10-21(11-13-25)14-17(24-29-21)8-7-16-4-2-3-5-18(16)22/h2-6,9,14,24H,10-13H2,1H3. The molecular formula is C21H19ClN4O3. The Kier molecular flexibility index (Phi) is 5.14. The maximum absolute atomic E-state index is 11.4. The molecule has 2 aliphatic heterocycles. The van der Waals surface area contributed by atoms with Crippen LogP contribution in [0.5, 0.6) is 0 Å². The van der Waals surface area contributed by atoms with Crippen molar-refractivity contribution in [3.63, 3.8) is 0 Å². The van der Waals surface area contributed by atoms with Gasteiger partial charge in [-0.25, -0.2) is 4.98 Å². The van der Waals surface area contributed by atoms with E-state index in [-0.39, 0.29) is 10.6 Å². The lowest BCUT2D eigenvalue weighted by Crippen LogP contribution is -2.45. The van der Waals surface area contributed by atoms with Crippen LogP contribution in [-0.2, 0) is 4.84 Å². The van der Waals surface area contributed by atoms with Crippen LogP contribution in [0.4, 0.5) is 11.5 Å². The van der Waals surface area contributed by atoms with E-state index < -0.39 is 5.60 Å². The van der Waals surface area contributed by atoms with Crippen LogP contribution in [0.2, 0.25) is 5.02 Å². The minimum Gasteiger partial charge on any atom is -0.351 e. The second-order valence-electron chi connectivity index (χ2n) is 7.10. The first-order chi connectivity index (χ1) is 14.0. The van der Waals surface area contributed by atoms with Crippen LogP contribution in [-0.4, -0.2) is 28.6 Å². The number of pyridine rings is 1. The highest BCUT2D eigenvalue weighted by Gasteiger charge is 2.39. The van der Waals surface area contributed by atoms with Gasteiger partial charge in [-0.05, 0) is 37.1 Å². The molecule has 4 rings (SSSR count). The number of benzene rings is 1. The molecule has 0 amide bonds. The van der Waals surface area contributed by atoms with Crippen molar-refractivity contribution in [2.45, 2.75) is 25.4 Å². The number of halogens is 1. The largest absolute Gasteiger partial charge is 0.351 e. The summed E-state index contributed by atoms with van der Waals surface area (Å²) in [5.41, 5.74) is 4.66. The number of nitrogens with zero attached hydrogens (tertiary/aromatic N) is 3. The van der Waals surface area contributed by atoms with E-state index in [0.717, 1.165) is 11.3 Å². The molecule has 1 aromatic heterocycles. The average molecular weight is 411 g/mol. The summed E-state index contributed by atoms with van der Waals surface area (Å²) in [7, 11) is 0. The molecule has 0 bridgehead atoms. The van der Waals surface area contributed by atoms with Gasteiger partial charge in [0, 0.05) is 43.3 Å². The number of hydrogen-bond acceptors (Lipinski definition) is 6. The highest BCUT2D eigenvalue weighted by Crippen LogP contribution is 2.35. The van der Waals surface area contributed by atoms with E-state index in [2.05, 4.69) is 22.3 Å². The normalized spacial score (nSPS) is 17.3. The molecule has 1 fully saturated rings. The van der Waals surface area contributed by atoms with Crippen LogP contribution in [0, 0.1) is 28.9 Å². The smallest absolute Gasteiger partial charge is 0.311 e. The van der Waals surface area contributed by atoms with Gasteiger partial charge in [-0.15, -0.1) is 0 Å². The lowest BCUT2D eigenvalue weighted by atomic mass is 9.91. The maximum atomic E-state index is 11.4. The Bertz CT molecular complexity index is 1050. The number of aryl methyl sites for hydroxylation is 1. The van der Waals surface area contributed by atoms with Gasteiger partial charge in [0.1, 0.15) is 11.3 Å². The number of hydroxylamine groups is 1. The Hall–Kier alpha value is -3.08. The monoisotopic (exact) mass is 410 g/mol. The van der Waals surface area contributed by atoms with Crippen LogP contribution >= 0.6 is 11.6 Å². The fourth-order valence-corrected chi connectivity index (χ4v) is 3.67. The Morgan fingerprint density at radius 3 is 2.72 bits per heavy atom. The molecule has 0 saturated carbocycles. The third-order valence-electron chi connectivity index (χ3n) is 5.08. The minimum atomic E-state index is -0.473. The third kappa shape index (κ3) is 4.04. The molecule has 0 radical (unpaired) electrons. The van der Waals surface area contributed by atoms with Gasteiger partial charge in [0.2, 0.25) is 5.82 Å². The fourth-order valence-electron chi connectivity index (χ4n) is 3.49. The van der Waals surface area contributed by atoms with E-state index in [9.17, 15) is 10.1 Å². The lowest BCUT2D eigenvalue weighted by molar-refractivity contribution is -0.384. The van der Waals surface area contributed by atoms with Gasteiger partial charge in [-0.2, -0.15) is 0 Å². The van der Waals surface area contributed by atoms with Crippen LogP contribution in [0.15, 0.2) is 48.2 Å². The number of rotatable bonds is 2. The van der Waals surface area contributed by atoms with Crippen molar-refractivity contribution < 1.29 is 9.76 Å². The number of allylic oxidation sites excluding steroid dienone is 1. The summed E-state index contributed by atoms with van der Waals surface area (Å²) in [6.45, 7) is 3.02. The number of nitrogens with one attached hydrogen (secondary N) is 1. The third-order valence-corrected chi connectivity index (χ3v) is 5.41. The highest BCUT2D eigenvalue weighted by molar-refractivity contribution is 6.31. The Morgan fingerprint density at radius 2 is 2.00 bits per heavy atom. The molecule has 1 saturated heterocycles. The van der Waals surface area contributed by atoms with Crippen molar-refractivity contribution in [1.82, 2.24) is 10.5 Å². The molecule has 1 aromatic carbocycles. The van der Waals surface area contributed by atoms with Gasteiger partial charge >= 0.3 is 5.69 Å². The number of piperidine rings is 1. The summed E-state index contributed by atoms with van der Waals surface area (Å²) in [6.07, 6.45) is 3.33. The van der Waals surface area contributed by atoms with E-state index in [1.807, 2.05) is 36.1 Å². The number of hydrogen-bond donors (Lipinski definition) is 1. The number of nitro groups is 1. The van der Waals surface area contributed by atoms with Crippen molar-refractivity contribution in [1.29, 1.82) is 0 Å². The highest BCUT2D eigenvalue weighted by atomic mass is 35.5. The molecule has 2 aromatic rings. The van der Waals surface area contributed by atoms with E-state index in [0.29, 0.717) is 42.5 Å². The van der Waals surface area contributed by atoms with Gasteiger partial charge in [-0.3, -0.25) is 20.4 Å². The van der Waals surface area contributed by atoms with Crippen molar-refractivity contribution in [3.05, 3.63) is 74.6 Å². The molecule has 148 valence electrons. The second-order valence-corrected chi connectivity index (χ2v) is 7.50. The first kappa shape index (κ1) is 19.2. The zero-order valence-electron chi connectivity index (χ0n) is 15.8. The SMILES string of the molecule is Cc1ccc([N+](=O)[O-])c(N2CCC3(C=C(C#Cc4ccccc4Cl)NO3)CC2)n1. The molecule has 3 heterocycles. The minimum absolute atomic E-state index is 0.0267. The lowest BCUT2D eigenvalue weighted by Gasteiger charge is -2.36. The Morgan fingerprint density at radius 1 is 1.24 bits per heavy atom. The average Bonchev–Trinajstić information content (AvgIpc) is 3.10. The van der Waals surface area contributed by atoms with Gasteiger partial charge in [-0.1, -0.05) is 29.7 Å². The van der Waals surface area contributed by atoms with Crippen LogP contribution in [0.25, 0.3) is 0 Å². The molecule has 7 nitrogen and oxygen atoms in total. The topological polar surface area (TPSA) is 80.5 Å². The Balaban J connectivity index is 1.48. The van der Waals surface area contributed by atoms with E-state index in [4.69, 9.17) is 16.4 Å². The van der Waals surface area contributed by atoms with Crippen molar-refractivity contribution in [3.8, 4) is 11.8 Å². The van der Waals surface area contributed by atoms with Crippen molar-refractivity contribution >= 4 is 23.1 Å². The summed E-state index contributed by atoms with van der Waals surface area (Å²) in [5.74, 6) is 6.52. The quantitative estimate of drug-likeness (QED) is 0.461. The van der Waals surface area contributed by atoms with Crippen LogP contribution < -0.4 is 10.4 Å². The van der Waals surface area contributed by atoms with Gasteiger partial charge in [0.25, 0.3) is 0 Å². The maximum Gasteiger partial charge on any atom is 0.311 e. The molecule has 8 heteroatoms. The molecule has 2 aliphatic rings. The van der Waals surface area contributed by atoms with E-state index in [1.54, 1.807) is 12.1 Å². The van der Waals surface area contributed by atoms with Gasteiger partial charge < -0.3 is 4.90 Å². The van der Waals surface area contributed by atoms with E-state index >= 15 is 0 Å². The van der Waals surface area contributed by atoms with Gasteiger partial charge in [0.15, 0.2) is 0 Å². The molecule has 1 spiro atoms. The number of anilines is 1. The molecule has 1 N–H and O–H groups in total. The first-order valence-electron chi connectivity index (χ1n) is 9.26. The predicted octanol–water partition coefficient (Wildman–Crippen LogP) is 3.76. The van der Waals surface area contributed by atoms with Crippen molar-refractivity contribution in [2.24, 2.45) is 0 Å². The zero-order chi connectivity index (χ0) is 20.4. The van der Waals surface area contributed by atoms with E-state index in [1.165, 1.54) is 6.07 Å². The Labute approximate surface area is 173 Å². The molecule has 0 unspecified atom stereocenters. The summed E-state index contributed by atoms with van der Waals surface area (Å²) < 4.78 is 0. The van der Waals surface area contributed by atoms with Crippen molar-refractivity contribution in [2.75, 3.05) is 18.0 Å². The summed E-state index contributed by atoms with van der Waals surface area (Å²) in [4.78, 5) is 23.1.